The molecule has 0 unspecified atom stereocenters. The summed E-state index contributed by atoms with van der Waals surface area (Å²) in [5.74, 6) is 1.70. The second-order valence-electron chi connectivity index (χ2n) is 7.56. The van der Waals surface area contributed by atoms with E-state index in [1.807, 2.05) is 18.2 Å². The average Bonchev–Trinajstić information content (AvgIpc) is 3.40. The van der Waals surface area contributed by atoms with Crippen molar-refractivity contribution < 1.29 is 9.18 Å². The fourth-order valence-corrected chi connectivity index (χ4v) is 3.70. The fourth-order valence-electron chi connectivity index (χ4n) is 2.97. The largest absolute Gasteiger partial charge is 0.346 e. The number of pyridine rings is 1. The number of amides is 1. The van der Waals surface area contributed by atoms with E-state index in [0.29, 0.717) is 23.1 Å². The fraction of sp³-hybridized carbons (Fsp3) is 0.333. The van der Waals surface area contributed by atoms with Crippen molar-refractivity contribution in [3.8, 4) is 11.1 Å². The molecule has 0 saturated heterocycles. The van der Waals surface area contributed by atoms with Crippen LogP contribution in [0.5, 0.6) is 0 Å². The SMILES string of the molecule is CC(C)CSNc1ccc(-c2cc(NC(=O)C3CC3)nc3[nH]ccc23)cc1F. The summed E-state index contributed by atoms with van der Waals surface area (Å²) >= 11 is 1.50. The number of hydrogen-bond acceptors (Lipinski definition) is 4. The van der Waals surface area contributed by atoms with Crippen molar-refractivity contribution in [2.24, 2.45) is 11.8 Å². The minimum absolute atomic E-state index is 0.00254. The number of anilines is 2. The molecule has 2 aromatic heterocycles. The van der Waals surface area contributed by atoms with Crippen LogP contribution in [0, 0.1) is 17.7 Å². The van der Waals surface area contributed by atoms with E-state index < -0.39 is 0 Å². The van der Waals surface area contributed by atoms with Crippen LogP contribution in [0.2, 0.25) is 0 Å². The molecule has 4 rings (SSSR count). The first-order valence-electron chi connectivity index (χ1n) is 9.48. The third kappa shape index (κ3) is 4.14. The summed E-state index contributed by atoms with van der Waals surface area (Å²) < 4.78 is 17.7. The van der Waals surface area contributed by atoms with E-state index in [2.05, 4.69) is 33.9 Å². The average molecular weight is 399 g/mol. The number of aromatic amines is 1. The Morgan fingerprint density at radius 1 is 1.32 bits per heavy atom. The smallest absolute Gasteiger partial charge is 0.228 e. The zero-order valence-electron chi connectivity index (χ0n) is 15.9. The normalized spacial score (nSPS) is 13.9. The van der Waals surface area contributed by atoms with Gasteiger partial charge in [-0.3, -0.25) is 4.79 Å². The molecule has 1 amide bonds. The van der Waals surface area contributed by atoms with E-state index in [9.17, 15) is 9.18 Å². The van der Waals surface area contributed by atoms with Gasteiger partial charge in [0.15, 0.2) is 0 Å². The van der Waals surface area contributed by atoms with Crippen LogP contribution in [0.1, 0.15) is 26.7 Å². The second-order valence-corrected chi connectivity index (χ2v) is 8.39. The van der Waals surface area contributed by atoms with Crippen LogP contribution >= 0.6 is 11.9 Å². The Balaban J connectivity index is 1.63. The highest BCUT2D eigenvalue weighted by molar-refractivity contribution is 8.00. The predicted octanol–water partition coefficient (Wildman–Crippen LogP) is 5.43. The zero-order chi connectivity index (χ0) is 19.7. The van der Waals surface area contributed by atoms with E-state index in [0.717, 1.165) is 35.1 Å². The molecule has 3 aromatic rings. The number of H-pyrrole nitrogens is 1. The molecule has 7 heteroatoms. The summed E-state index contributed by atoms with van der Waals surface area (Å²) in [6, 6.07) is 8.88. The first kappa shape index (κ1) is 18.8. The Kier molecular flexibility index (Phi) is 5.26. The van der Waals surface area contributed by atoms with Gasteiger partial charge in [0.05, 0.1) is 5.69 Å². The standard InChI is InChI=1S/C21H23FN4OS/c1-12(2)11-28-26-18-6-5-14(9-17(18)22)16-10-19(25-21(27)13-3-4-13)24-20-15(16)7-8-23-20/h5-10,12-13,26H,3-4,11H2,1-2H3,(H2,23,24,25,27). The lowest BCUT2D eigenvalue weighted by atomic mass is 10.0. The lowest BCUT2D eigenvalue weighted by molar-refractivity contribution is -0.117. The second kappa shape index (κ2) is 7.83. The number of fused-ring (bicyclic) bond motifs is 1. The maximum atomic E-state index is 14.6. The number of nitrogens with zero attached hydrogens (tertiary/aromatic N) is 1. The highest BCUT2D eigenvalue weighted by Crippen LogP contribution is 2.34. The van der Waals surface area contributed by atoms with Gasteiger partial charge in [0.2, 0.25) is 5.91 Å². The van der Waals surface area contributed by atoms with E-state index in [4.69, 9.17) is 0 Å². The summed E-state index contributed by atoms with van der Waals surface area (Å²) in [6.45, 7) is 4.25. The quantitative estimate of drug-likeness (QED) is 0.464. The van der Waals surface area contributed by atoms with E-state index >= 15 is 0 Å². The molecule has 0 aliphatic heterocycles. The molecule has 0 spiro atoms. The zero-order valence-corrected chi connectivity index (χ0v) is 16.7. The molecule has 28 heavy (non-hydrogen) atoms. The first-order chi connectivity index (χ1) is 13.5. The molecule has 3 N–H and O–H groups in total. The molecule has 2 heterocycles. The van der Waals surface area contributed by atoms with Crippen LogP contribution in [0.25, 0.3) is 22.2 Å². The summed E-state index contributed by atoms with van der Waals surface area (Å²) in [6.07, 6.45) is 3.65. The number of benzene rings is 1. The van der Waals surface area contributed by atoms with Crippen molar-refractivity contribution in [1.82, 2.24) is 9.97 Å². The van der Waals surface area contributed by atoms with Gasteiger partial charge in [-0.1, -0.05) is 31.9 Å². The Labute approximate surface area is 167 Å². The number of aromatic nitrogens is 2. The summed E-state index contributed by atoms with van der Waals surface area (Å²) in [5.41, 5.74) is 2.71. The van der Waals surface area contributed by atoms with Crippen LogP contribution in [0.15, 0.2) is 36.5 Å². The third-order valence-electron chi connectivity index (χ3n) is 4.61. The van der Waals surface area contributed by atoms with Crippen LogP contribution in [-0.2, 0) is 4.79 Å². The Morgan fingerprint density at radius 3 is 2.86 bits per heavy atom. The predicted molar refractivity (Wildman–Crippen MR) is 114 cm³/mol. The monoisotopic (exact) mass is 398 g/mol. The van der Waals surface area contributed by atoms with Gasteiger partial charge >= 0.3 is 0 Å². The Hall–Kier alpha value is -2.54. The van der Waals surface area contributed by atoms with Crippen molar-refractivity contribution in [2.75, 3.05) is 15.8 Å². The van der Waals surface area contributed by atoms with Gasteiger partial charge in [-0.15, -0.1) is 0 Å². The van der Waals surface area contributed by atoms with Crippen molar-refractivity contribution in [1.29, 1.82) is 0 Å². The minimum atomic E-state index is -0.308. The van der Waals surface area contributed by atoms with Crippen molar-refractivity contribution in [2.45, 2.75) is 26.7 Å². The van der Waals surface area contributed by atoms with Gasteiger partial charge in [-0.2, -0.15) is 0 Å². The lowest BCUT2D eigenvalue weighted by Gasteiger charge is -2.12. The molecular weight excluding hydrogens is 375 g/mol. The van der Waals surface area contributed by atoms with Gasteiger partial charge in [0.1, 0.15) is 17.3 Å². The lowest BCUT2D eigenvalue weighted by Crippen LogP contribution is -2.14. The number of hydrogen-bond donors (Lipinski definition) is 3. The van der Waals surface area contributed by atoms with E-state index in [-0.39, 0.29) is 17.6 Å². The highest BCUT2D eigenvalue weighted by atomic mass is 32.2. The molecule has 1 fully saturated rings. The van der Waals surface area contributed by atoms with Crippen LogP contribution in [0.3, 0.4) is 0 Å². The molecular formula is C21H23FN4OS. The molecule has 0 bridgehead atoms. The molecule has 1 aliphatic carbocycles. The molecule has 1 aliphatic rings. The maximum absolute atomic E-state index is 14.6. The summed E-state index contributed by atoms with van der Waals surface area (Å²) in [7, 11) is 0. The number of carbonyl (C=O) groups is 1. The molecule has 5 nitrogen and oxygen atoms in total. The van der Waals surface area contributed by atoms with Crippen LogP contribution in [0.4, 0.5) is 15.9 Å². The molecule has 1 saturated carbocycles. The highest BCUT2D eigenvalue weighted by Gasteiger charge is 2.30. The number of halogens is 1. The summed E-state index contributed by atoms with van der Waals surface area (Å²) in [5, 5.41) is 3.77. The minimum Gasteiger partial charge on any atom is -0.346 e. The van der Waals surface area contributed by atoms with Crippen molar-refractivity contribution >= 4 is 40.4 Å². The van der Waals surface area contributed by atoms with Gasteiger partial charge in [0, 0.05) is 23.3 Å². The molecule has 0 atom stereocenters. The number of nitrogens with one attached hydrogen (secondary N) is 3. The van der Waals surface area contributed by atoms with E-state index in [1.165, 1.54) is 18.0 Å². The molecule has 146 valence electrons. The van der Waals surface area contributed by atoms with Crippen molar-refractivity contribution in [3.63, 3.8) is 0 Å². The van der Waals surface area contributed by atoms with Gasteiger partial charge in [-0.25, -0.2) is 9.37 Å². The Bertz CT molecular complexity index is 1010. The van der Waals surface area contributed by atoms with E-state index in [1.54, 1.807) is 12.3 Å². The number of rotatable bonds is 7. The molecule has 1 aromatic carbocycles. The molecule has 0 radical (unpaired) electrons. The number of carbonyl (C=O) groups excluding carboxylic acids is 1. The van der Waals surface area contributed by atoms with Crippen LogP contribution < -0.4 is 10.0 Å². The Morgan fingerprint density at radius 2 is 2.14 bits per heavy atom. The first-order valence-corrected chi connectivity index (χ1v) is 10.5. The maximum Gasteiger partial charge on any atom is 0.228 e. The van der Waals surface area contributed by atoms with Crippen molar-refractivity contribution in [3.05, 3.63) is 42.3 Å². The topological polar surface area (TPSA) is 69.8 Å². The van der Waals surface area contributed by atoms with Gasteiger partial charge < -0.3 is 15.0 Å². The summed E-state index contributed by atoms with van der Waals surface area (Å²) in [4.78, 5) is 19.7. The van der Waals surface area contributed by atoms with Gasteiger partial charge in [0.25, 0.3) is 0 Å². The van der Waals surface area contributed by atoms with Crippen LogP contribution in [-0.4, -0.2) is 21.6 Å². The third-order valence-corrected chi connectivity index (χ3v) is 5.80. The van der Waals surface area contributed by atoms with Gasteiger partial charge in [-0.05, 0) is 54.2 Å².